The lowest BCUT2D eigenvalue weighted by molar-refractivity contribution is -0.152. The van der Waals surface area contributed by atoms with E-state index in [2.05, 4.69) is 65.3 Å². The lowest BCUT2D eigenvalue weighted by atomic mass is 9.61. The van der Waals surface area contributed by atoms with Gasteiger partial charge in [0.15, 0.2) is 0 Å². The van der Waals surface area contributed by atoms with E-state index in [0.717, 1.165) is 23.5 Å². The van der Waals surface area contributed by atoms with E-state index >= 15 is 0 Å². The molecule has 5 heteroatoms. The third-order valence-corrected chi connectivity index (χ3v) is 8.33. The Labute approximate surface area is 206 Å². The third-order valence-electron chi connectivity index (χ3n) is 7.91. The summed E-state index contributed by atoms with van der Waals surface area (Å²) in [4.78, 5) is 23.1. The zero-order valence-corrected chi connectivity index (χ0v) is 22.0. The van der Waals surface area contributed by atoms with Crippen LogP contribution >= 0.6 is 22.6 Å². The predicted molar refractivity (Wildman–Crippen MR) is 136 cm³/mol. The number of fused-ring (bicyclic) bond motifs is 1. The Hall–Kier alpha value is -1.37. The second-order valence-corrected chi connectivity index (χ2v) is 10.7. The first-order chi connectivity index (χ1) is 15.2. The summed E-state index contributed by atoms with van der Waals surface area (Å²) in [6.07, 6.45) is 13.4. The predicted octanol–water partition coefficient (Wildman–Crippen LogP) is 6.85. The smallest absolute Gasteiger partial charge is 0.303 e. The van der Waals surface area contributed by atoms with E-state index in [1.165, 1.54) is 45.1 Å². The molecular weight excluding hydrogens is 515 g/mol. The van der Waals surface area contributed by atoms with Gasteiger partial charge in [0.25, 0.3) is 0 Å². The van der Waals surface area contributed by atoms with Crippen molar-refractivity contribution in [1.82, 2.24) is 0 Å². The van der Waals surface area contributed by atoms with Crippen LogP contribution in [0.1, 0.15) is 72.6 Å². The van der Waals surface area contributed by atoms with Crippen molar-refractivity contribution in [3.63, 3.8) is 0 Å². The first-order valence-electron chi connectivity index (χ1n) is 11.9. The normalized spacial score (nSPS) is 36.3. The quantitative estimate of drug-likeness (QED) is 0.277. The molecule has 0 unspecified atom stereocenters. The van der Waals surface area contributed by atoms with E-state index in [9.17, 15) is 9.59 Å². The number of esters is 2. The molecule has 0 aromatic rings. The molecule has 0 amide bonds. The molecule has 0 spiro atoms. The van der Waals surface area contributed by atoms with Crippen LogP contribution in [0.25, 0.3) is 0 Å². The van der Waals surface area contributed by atoms with E-state index in [4.69, 9.17) is 9.47 Å². The second-order valence-electron chi connectivity index (χ2n) is 10.0. The largest absolute Gasteiger partial charge is 0.462 e. The van der Waals surface area contributed by atoms with Gasteiger partial charge in [-0.25, -0.2) is 0 Å². The number of ether oxygens (including phenoxy) is 2. The topological polar surface area (TPSA) is 52.6 Å². The van der Waals surface area contributed by atoms with Gasteiger partial charge in [0, 0.05) is 26.7 Å². The van der Waals surface area contributed by atoms with Gasteiger partial charge in [0.1, 0.15) is 12.2 Å². The van der Waals surface area contributed by atoms with Gasteiger partial charge < -0.3 is 9.47 Å². The minimum absolute atomic E-state index is 0.291. The van der Waals surface area contributed by atoms with Crippen LogP contribution in [0, 0.1) is 23.2 Å². The number of halogens is 1. The Balaban J connectivity index is 1.84. The minimum Gasteiger partial charge on any atom is -0.462 e. The summed E-state index contributed by atoms with van der Waals surface area (Å²) in [6, 6.07) is 0. The van der Waals surface area contributed by atoms with Gasteiger partial charge in [0.2, 0.25) is 0 Å². The average molecular weight is 552 g/mol. The summed E-state index contributed by atoms with van der Waals surface area (Å²) in [7, 11) is 0. The molecule has 0 heterocycles. The molecule has 4 nitrogen and oxygen atoms in total. The van der Waals surface area contributed by atoms with Gasteiger partial charge in [-0.15, -0.1) is 0 Å². The first kappa shape index (κ1) is 25.3. The SMILES string of the molecule is C=C1C(=CC=C2CCC[C@]3(C)[C@@H]([C@H](C)C=CI)CC[C@@H]23)C[C@@H](OC(C)=O)C[C@@H]1OC(C)=O. The highest BCUT2D eigenvalue weighted by Crippen LogP contribution is 2.59. The van der Waals surface area contributed by atoms with Gasteiger partial charge in [-0.05, 0) is 70.5 Å². The lowest BCUT2D eigenvalue weighted by Crippen LogP contribution is -2.35. The monoisotopic (exact) mass is 552 g/mol. The maximum absolute atomic E-state index is 11.6. The fraction of sp³-hybridized carbons (Fsp3) is 0.630. The fourth-order valence-corrected chi connectivity index (χ4v) is 7.12. The second kappa shape index (κ2) is 10.7. The van der Waals surface area contributed by atoms with Crippen molar-refractivity contribution in [3.8, 4) is 0 Å². The number of carbonyl (C=O) groups excluding carboxylic acids is 2. The molecule has 3 aliphatic rings. The highest BCUT2D eigenvalue weighted by atomic mass is 127. The van der Waals surface area contributed by atoms with Crippen LogP contribution in [-0.4, -0.2) is 24.1 Å². The summed E-state index contributed by atoms with van der Waals surface area (Å²) >= 11 is 2.33. The van der Waals surface area contributed by atoms with Crippen LogP contribution in [0.15, 0.2) is 45.6 Å². The molecule has 176 valence electrons. The Kier molecular flexibility index (Phi) is 8.45. The summed E-state index contributed by atoms with van der Waals surface area (Å²) in [5.41, 5.74) is 3.72. The van der Waals surface area contributed by atoms with E-state index in [1.54, 1.807) is 0 Å². The number of carbonyl (C=O) groups is 2. The average Bonchev–Trinajstić information content (AvgIpc) is 3.06. The number of allylic oxidation sites excluding steroid dienone is 4. The lowest BCUT2D eigenvalue weighted by Gasteiger charge is -2.44. The molecule has 0 aromatic carbocycles. The molecular formula is C27H37IO4. The maximum Gasteiger partial charge on any atom is 0.303 e. The summed E-state index contributed by atoms with van der Waals surface area (Å²) in [5.74, 6) is 1.30. The summed E-state index contributed by atoms with van der Waals surface area (Å²) in [5, 5.41) is 0. The highest BCUT2D eigenvalue weighted by Gasteiger charge is 2.50. The first-order valence-corrected chi connectivity index (χ1v) is 13.1. The Morgan fingerprint density at radius 1 is 1.19 bits per heavy atom. The van der Waals surface area contributed by atoms with Gasteiger partial charge in [-0.1, -0.05) is 66.8 Å². The summed E-state index contributed by atoms with van der Waals surface area (Å²) in [6.45, 7) is 11.9. The minimum atomic E-state index is -0.441. The molecule has 0 N–H and O–H groups in total. The Morgan fingerprint density at radius 2 is 1.91 bits per heavy atom. The maximum atomic E-state index is 11.6. The van der Waals surface area contributed by atoms with E-state index in [-0.39, 0.29) is 18.0 Å². The van der Waals surface area contributed by atoms with Crippen molar-refractivity contribution in [2.75, 3.05) is 0 Å². The van der Waals surface area contributed by atoms with Crippen molar-refractivity contribution in [2.24, 2.45) is 23.2 Å². The van der Waals surface area contributed by atoms with Crippen LogP contribution in [0.5, 0.6) is 0 Å². The van der Waals surface area contributed by atoms with E-state index < -0.39 is 6.10 Å². The van der Waals surface area contributed by atoms with Crippen LogP contribution in [0.2, 0.25) is 0 Å². The molecule has 3 fully saturated rings. The van der Waals surface area contributed by atoms with Crippen LogP contribution in [-0.2, 0) is 19.1 Å². The number of rotatable bonds is 5. The Bertz CT molecular complexity index is 839. The summed E-state index contributed by atoms with van der Waals surface area (Å²) < 4.78 is 13.1. The standard InChI is InChI=1S/C27H37IO4/c1-17(12-14-28)24-10-11-25-21(7-6-13-27(24,25)5)8-9-22-15-23(31-19(3)29)16-26(18(22)2)32-20(4)30/h8-9,12,14,17,23-26H,2,6-7,10-11,13,15-16H2,1,3-5H3/t17-,23-,24-,25+,26+,27-/m1/s1. The number of hydrogen-bond acceptors (Lipinski definition) is 4. The molecule has 32 heavy (non-hydrogen) atoms. The van der Waals surface area contributed by atoms with Crippen LogP contribution in [0.4, 0.5) is 0 Å². The molecule has 3 saturated carbocycles. The van der Waals surface area contributed by atoms with Crippen LogP contribution < -0.4 is 0 Å². The molecule has 3 rings (SSSR count). The molecule has 0 aliphatic heterocycles. The van der Waals surface area contributed by atoms with Crippen molar-refractivity contribution in [1.29, 1.82) is 0 Å². The van der Waals surface area contributed by atoms with Gasteiger partial charge in [0.05, 0.1) is 0 Å². The molecule has 0 bridgehead atoms. The van der Waals surface area contributed by atoms with Crippen molar-refractivity contribution in [2.45, 2.75) is 84.8 Å². The van der Waals surface area contributed by atoms with Gasteiger partial charge in [-0.2, -0.15) is 0 Å². The molecule has 0 saturated heterocycles. The van der Waals surface area contributed by atoms with E-state index in [0.29, 0.717) is 30.1 Å². The van der Waals surface area contributed by atoms with Gasteiger partial charge in [-0.3, -0.25) is 9.59 Å². The molecule has 3 aliphatic carbocycles. The van der Waals surface area contributed by atoms with Crippen molar-refractivity contribution >= 4 is 34.5 Å². The fourth-order valence-electron chi connectivity index (χ4n) is 6.47. The van der Waals surface area contributed by atoms with Crippen LogP contribution in [0.3, 0.4) is 0 Å². The molecule has 6 atom stereocenters. The number of hydrogen-bond donors (Lipinski definition) is 0. The highest BCUT2D eigenvalue weighted by molar-refractivity contribution is 14.1. The zero-order valence-electron chi connectivity index (χ0n) is 19.9. The molecule has 0 radical (unpaired) electrons. The van der Waals surface area contributed by atoms with Crippen molar-refractivity contribution < 1.29 is 19.1 Å². The Morgan fingerprint density at radius 3 is 2.56 bits per heavy atom. The van der Waals surface area contributed by atoms with Gasteiger partial charge >= 0.3 is 11.9 Å². The zero-order chi connectivity index (χ0) is 23.5. The molecule has 0 aromatic heterocycles. The van der Waals surface area contributed by atoms with Crippen molar-refractivity contribution in [3.05, 3.63) is 45.6 Å². The van der Waals surface area contributed by atoms with E-state index in [1.807, 2.05) is 0 Å². The third kappa shape index (κ3) is 5.57.